The molecule has 0 aromatic carbocycles. The maximum atomic E-state index is 4.13. The number of nitrogens with one attached hydrogen (secondary N) is 1. The zero-order valence-electron chi connectivity index (χ0n) is 10.1. The first-order chi connectivity index (χ1) is 7.40. The van der Waals surface area contributed by atoms with E-state index in [1.807, 2.05) is 4.90 Å². The molecule has 2 heteroatoms. The fraction of sp³-hybridized carbons (Fsp3) is 1.00. The fourth-order valence-electron chi connectivity index (χ4n) is 3.53. The highest BCUT2D eigenvalue weighted by molar-refractivity contribution is 4.67. The van der Waals surface area contributed by atoms with Crippen molar-refractivity contribution in [1.82, 2.24) is 0 Å². The number of quaternary nitrogens is 2. The molecule has 1 saturated carbocycles. The van der Waals surface area contributed by atoms with Gasteiger partial charge in [0.2, 0.25) is 0 Å². The molecule has 0 amide bonds. The first kappa shape index (κ1) is 11.4. The Morgan fingerprint density at radius 3 is 2.40 bits per heavy atom. The molecule has 2 aliphatic rings. The zero-order chi connectivity index (χ0) is 10.5. The van der Waals surface area contributed by atoms with Crippen LogP contribution in [0.25, 0.3) is 0 Å². The van der Waals surface area contributed by atoms with E-state index in [1.54, 1.807) is 0 Å². The average Bonchev–Trinajstić information content (AvgIpc) is 2.31. The second kappa shape index (κ2) is 5.86. The van der Waals surface area contributed by atoms with Crippen molar-refractivity contribution in [2.45, 2.75) is 57.4 Å². The van der Waals surface area contributed by atoms with E-state index in [9.17, 15) is 0 Å². The predicted octanol–water partition coefficient (Wildman–Crippen LogP) is 0.246. The van der Waals surface area contributed by atoms with Crippen molar-refractivity contribution in [3.63, 3.8) is 0 Å². The summed E-state index contributed by atoms with van der Waals surface area (Å²) in [6, 6.07) is 0.890. The maximum Gasteiger partial charge on any atom is 0.137 e. The van der Waals surface area contributed by atoms with Crippen LogP contribution in [0.2, 0.25) is 0 Å². The van der Waals surface area contributed by atoms with Gasteiger partial charge in [-0.1, -0.05) is 19.3 Å². The van der Waals surface area contributed by atoms with Gasteiger partial charge in [0.1, 0.15) is 12.6 Å². The predicted molar refractivity (Wildman–Crippen MR) is 62.7 cm³/mol. The lowest BCUT2D eigenvalue weighted by Gasteiger charge is -2.34. The van der Waals surface area contributed by atoms with Gasteiger partial charge in [0.15, 0.2) is 0 Å². The third kappa shape index (κ3) is 3.18. The maximum absolute atomic E-state index is 4.13. The van der Waals surface area contributed by atoms with Crippen LogP contribution in [0.1, 0.15) is 51.4 Å². The van der Waals surface area contributed by atoms with Crippen molar-refractivity contribution in [3.05, 3.63) is 0 Å². The highest BCUT2D eigenvalue weighted by Gasteiger charge is 2.29. The van der Waals surface area contributed by atoms with Crippen molar-refractivity contribution in [2.75, 3.05) is 19.6 Å². The lowest BCUT2D eigenvalue weighted by molar-refractivity contribution is -0.939. The molecular formula is C13H28N2+2. The first-order valence-electron chi connectivity index (χ1n) is 7.04. The quantitative estimate of drug-likeness (QED) is 0.672. The summed E-state index contributed by atoms with van der Waals surface area (Å²) in [4.78, 5) is 1.89. The molecule has 2 nitrogen and oxygen atoms in total. The summed E-state index contributed by atoms with van der Waals surface area (Å²) in [5.41, 5.74) is 4.13. The van der Waals surface area contributed by atoms with E-state index in [0.29, 0.717) is 0 Å². The SMILES string of the molecule is [NH3+]CC1CCCC[NH+]1CC1CCCCC1. The normalized spacial score (nSPS) is 34.2. The van der Waals surface area contributed by atoms with E-state index in [2.05, 4.69) is 5.73 Å². The van der Waals surface area contributed by atoms with Crippen molar-refractivity contribution in [1.29, 1.82) is 0 Å². The van der Waals surface area contributed by atoms with Crippen LogP contribution in [0.4, 0.5) is 0 Å². The lowest BCUT2D eigenvalue weighted by Crippen LogP contribution is -3.18. The number of piperidine rings is 1. The Morgan fingerprint density at radius 1 is 0.933 bits per heavy atom. The Morgan fingerprint density at radius 2 is 1.67 bits per heavy atom. The number of hydrogen-bond donors (Lipinski definition) is 2. The summed E-state index contributed by atoms with van der Waals surface area (Å²) in [6.07, 6.45) is 11.8. The average molecular weight is 212 g/mol. The molecule has 2 atom stereocenters. The van der Waals surface area contributed by atoms with Gasteiger partial charge in [0, 0.05) is 12.3 Å². The molecule has 0 spiro atoms. The summed E-state index contributed by atoms with van der Waals surface area (Å²) < 4.78 is 0. The Labute approximate surface area is 94.2 Å². The number of likely N-dealkylation sites (tertiary alicyclic amines) is 1. The summed E-state index contributed by atoms with van der Waals surface area (Å²) in [5.74, 6) is 1.04. The van der Waals surface area contributed by atoms with Gasteiger partial charge in [-0.05, 0) is 25.7 Å². The zero-order valence-corrected chi connectivity index (χ0v) is 10.1. The molecule has 0 radical (unpaired) electrons. The van der Waals surface area contributed by atoms with E-state index in [-0.39, 0.29) is 0 Å². The molecule has 15 heavy (non-hydrogen) atoms. The Hall–Kier alpha value is -0.0800. The molecule has 1 saturated heterocycles. The fourth-order valence-corrected chi connectivity index (χ4v) is 3.53. The van der Waals surface area contributed by atoms with Crippen molar-refractivity contribution in [2.24, 2.45) is 5.92 Å². The monoisotopic (exact) mass is 212 g/mol. The van der Waals surface area contributed by atoms with E-state index in [0.717, 1.165) is 18.5 Å². The molecular weight excluding hydrogens is 184 g/mol. The van der Waals surface area contributed by atoms with Crippen LogP contribution in [0.3, 0.4) is 0 Å². The van der Waals surface area contributed by atoms with E-state index < -0.39 is 0 Å². The van der Waals surface area contributed by atoms with E-state index in [1.165, 1.54) is 64.5 Å². The van der Waals surface area contributed by atoms with Gasteiger partial charge >= 0.3 is 0 Å². The molecule has 88 valence electrons. The van der Waals surface area contributed by atoms with E-state index >= 15 is 0 Å². The van der Waals surface area contributed by atoms with Crippen LogP contribution in [-0.4, -0.2) is 25.7 Å². The molecule has 0 aromatic heterocycles. The third-order valence-corrected chi connectivity index (χ3v) is 4.50. The van der Waals surface area contributed by atoms with Gasteiger partial charge in [0.05, 0.1) is 13.1 Å². The molecule has 0 aromatic rings. The van der Waals surface area contributed by atoms with Gasteiger partial charge in [-0.25, -0.2) is 0 Å². The minimum atomic E-state index is 0.890. The lowest BCUT2D eigenvalue weighted by atomic mass is 9.88. The van der Waals surface area contributed by atoms with Gasteiger partial charge in [-0.3, -0.25) is 0 Å². The van der Waals surface area contributed by atoms with E-state index in [4.69, 9.17) is 0 Å². The molecule has 2 fully saturated rings. The Balaban J connectivity index is 1.79. The minimum absolute atomic E-state index is 0.890. The second-order valence-electron chi connectivity index (χ2n) is 5.60. The van der Waals surface area contributed by atoms with Crippen molar-refractivity contribution >= 4 is 0 Å². The topological polar surface area (TPSA) is 32.1 Å². The molecule has 4 N–H and O–H groups in total. The summed E-state index contributed by atoms with van der Waals surface area (Å²) in [5, 5.41) is 0. The van der Waals surface area contributed by atoms with Crippen LogP contribution < -0.4 is 10.6 Å². The number of rotatable bonds is 3. The van der Waals surface area contributed by atoms with Gasteiger partial charge < -0.3 is 10.6 Å². The van der Waals surface area contributed by atoms with Gasteiger partial charge in [0.25, 0.3) is 0 Å². The molecule has 1 aliphatic heterocycles. The highest BCUT2D eigenvalue weighted by atomic mass is 15.2. The largest absolute Gasteiger partial charge is 0.353 e. The van der Waals surface area contributed by atoms with Crippen molar-refractivity contribution in [3.8, 4) is 0 Å². The smallest absolute Gasteiger partial charge is 0.137 e. The number of hydrogen-bond acceptors (Lipinski definition) is 0. The van der Waals surface area contributed by atoms with Crippen LogP contribution in [0.15, 0.2) is 0 Å². The van der Waals surface area contributed by atoms with Gasteiger partial charge in [-0.2, -0.15) is 0 Å². The van der Waals surface area contributed by atoms with Crippen LogP contribution in [0, 0.1) is 5.92 Å². The van der Waals surface area contributed by atoms with Crippen LogP contribution in [0.5, 0.6) is 0 Å². The Bertz CT molecular complexity index is 175. The summed E-state index contributed by atoms with van der Waals surface area (Å²) in [6.45, 7) is 4.04. The molecule has 0 bridgehead atoms. The minimum Gasteiger partial charge on any atom is -0.353 e. The molecule has 1 aliphatic carbocycles. The first-order valence-corrected chi connectivity index (χ1v) is 7.04. The summed E-state index contributed by atoms with van der Waals surface area (Å²) in [7, 11) is 0. The third-order valence-electron chi connectivity index (χ3n) is 4.50. The van der Waals surface area contributed by atoms with Gasteiger partial charge in [-0.15, -0.1) is 0 Å². The van der Waals surface area contributed by atoms with Crippen LogP contribution >= 0.6 is 0 Å². The molecule has 1 heterocycles. The van der Waals surface area contributed by atoms with Crippen LogP contribution in [-0.2, 0) is 0 Å². The second-order valence-corrected chi connectivity index (χ2v) is 5.60. The standard InChI is InChI=1S/C13H26N2/c14-10-13-8-4-5-9-15(13)11-12-6-2-1-3-7-12/h12-13H,1-11,14H2/p+2. The summed E-state index contributed by atoms with van der Waals surface area (Å²) >= 11 is 0. The van der Waals surface area contributed by atoms with Crippen molar-refractivity contribution < 1.29 is 10.6 Å². The Kier molecular flexibility index (Phi) is 4.45. The molecule has 2 rings (SSSR count). The highest BCUT2D eigenvalue weighted by Crippen LogP contribution is 2.22. The molecule has 2 unspecified atom stereocenters.